The van der Waals surface area contributed by atoms with Crippen molar-refractivity contribution in [2.24, 2.45) is 0 Å². The van der Waals surface area contributed by atoms with Crippen molar-refractivity contribution >= 4 is 32.6 Å². The molecule has 0 spiro atoms. The van der Waals surface area contributed by atoms with Gasteiger partial charge in [0, 0.05) is 11.6 Å². The van der Waals surface area contributed by atoms with Gasteiger partial charge in [-0.2, -0.15) is 0 Å². The van der Waals surface area contributed by atoms with Crippen LogP contribution in [0.15, 0.2) is 52.2 Å². The number of hydrogen-bond acceptors (Lipinski definition) is 8. The van der Waals surface area contributed by atoms with E-state index in [1.54, 1.807) is 51.1 Å². The van der Waals surface area contributed by atoms with E-state index in [9.17, 15) is 27.9 Å². The number of sulfone groups is 1. The molecule has 1 aliphatic heterocycles. The topological polar surface area (TPSA) is 141 Å². The monoisotopic (exact) mass is 514 g/mol. The number of carbonyl (C=O) groups is 2. The van der Waals surface area contributed by atoms with Gasteiger partial charge in [0.2, 0.25) is 0 Å². The molecule has 0 fully saturated rings. The van der Waals surface area contributed by atoms with Gasteiger partial charge in [0.25, 0.3) is 11.5 Å². The quantitative estimate of drug-likeness (QED) is 0.494. The second-order valence-electron chi connectivity index (χ2n) is 9.49. The summed E-state index contributed by atoms with van der Waals surface area (Å²) in [5.74, 6) is -1.81. The zero-order chi connectivity index (χ0) is 26.4. The highest BCUT2D eigenvalue weighted by atomic mass is 32.2. The van der Waals surface area contributed by atoms with Crippen molar-refractivity contribution in [3.8, 4) is 11.5 Å². The number of pyridine rings is 1. The fourth-order valence-electron chi connectivity index (χ4n) is 4.08. The Labute approximate surface area is 207 Å². The summed E-state index contributed by atoms with van der Waals surface area (Å²) in [5, 5.41) is 13.5. The van der Waals surface area contributed by atoms with Crippen molar-refractivity contribution in [3.05, 3.63) is 63.9 Å². The van der Waals surface area contributed by atoms with Crippen LogP contribution in [0, 0.1) is 0 Å². The largest absolute Gasteiger partial charge is 0.506 e. The highest BCUT2D eigenvalue weighted by Crippen LogP contribution is 2.38. The van der Waals surface area contributed by atoms with E-state index in [1.165, 1.54) is 16.7 Å². The van der Waals surface area contributed by atoms with Gasteiger partial charge < -0.3 is 19.9 Å². The lowest BCUT2D eigenvalue weighted by molar-refractivity contribution is -0.153. The van der Waals surface area contributed by atoms with Gasteiger partial charge in [-0.1, -0.05) is 18.2 Å². The first-order chi connectivity index (χ1) is 16.8. The van der Waals surface area contributed by atoms with E-state index in [4.69, 9.17) is 9.47 Å². The molecule has 10 nitrogen and oxygen atoms in total. The Hall–Kier alpha value is -3.86. The maximum atomic E-state index is 13.6. The summed E-state index contributed by atoms with van der Waals surface area (Å²) < 4.78 is 36.1. The number of amides is 1. The minimum Gasteiger partial charge on any atom is -0.506 e. The zero-order valence-corrected chi connectivity index (χ0v) is 21.0. The molecule has 0 saturated carbocycles. The predicted molar refractivity (Wildman–Crippen MR) is 131 cm³/mol. The standard InChI is InChI=1S/C25H26N2O8S/c1-25(2,3)35-19(28)12-26-23(30)20-22(29)16-6-5-7-18-21(16)27(24(20)31)17(13-34-18)14-8-10-15(11-9-14)36(4,32)33/h5-11,17,29H,12-13H2,1-4H3,(H,26,30). The summed E-state index contributed by atoms with van der Waals surface area (Å²) >= 11 is 0. The van der Waals surface area contributed by atoms with E-state index < -0.39 is 56.8 Å². The summed E-state index contributed by atoms with van der Waals surface area (Å²) in [4.78, 5) is 38.8. The van der Waals surface area contributed by atoms with E-state index in [1.807, 2.05) is 0 Å². The van der Waals surface area contributed by atoms with Gasteiger partial charge >= 0.3 is 5.97 Å². The molecule has 0 saturated heterocycles. The van der Waals surface area contributed by atoms with Crippen molar-refractivity contribution in [2.45, 2.75) is 37.3 Å². The highest BCUT2D eigenvalue weighted by Gasteiger charge is 2.31. The molecule has 1 unspecified atom stereocenters. The smallest absolute Gasteiger partial charge is 0.325 e. The van der Waals surface area contributed by atoms with Gasteiger partial charge in [0.05, 0.1) is 16.5 Å². The molecule has 1 amide bonds. The van der Waals surface area contributed by atoms with Crippen molar-refractivity contribution in [3.63, 3.8) is 0 Å². The number of aromatic nitrogens is 1. The number of para-hydroxylation sites is 1. The third-order valence-corrected chi connectivity index (χ3v) is 6.73. The van der Waals surface area contributed by atoms with Gasteiger partial charge in [-0.05, 0) is 50.6 Å². The van der Waals surface area contributed by atoms with Crippen molar-refractivity contribution < 1.29 is 32.6 Å². The summed E-state index contributed by atoms with van der Waals surface area (Å²) in [7, 11) is -3.42. The van der Waals surface area contributed by atoms with Crippen LogP contribution in [-0.4, -0.2) is 55.0 Å². The van der Waals surface area contributed by atoms with Crippen LogP contribution in [-0.2, 0) is 19.4 Å². The van der Waals surface area contributed by atoms with Crippen LogP contribution in [0.1, 0.15) is 42.7 Å². The Morgan fingerprint density at radius 1 is 1.17 bits per heavy atom. The predicted octanol–water partition coefficient (Wildman–Crippen LogP) is 2.16. The third-order valence-electron chi connectivity index (χ3n) is 5.61. The number of ether oxygens (including phenoxy) is 2. The van der Waals surface area contributed by atoms with E-state index in [2.05, 4.69) is 5.32 Å². The van der Waals surface area contributed by atoms with Crippen LogP contribution in [0.3, 0.4) is 0 Å². The maximum absolute atomic E-state index is 13.6. The van der Waals surface area contributed by atoms with Gasteiger partial charge in [-0.15, -0.1) is 0 Å². The lowest BCUT2D eigenvalue weighted by atomic mass is 10.0. The van der Waals surface area contributed by atoms with Crippen molar-refractivity contribution in [1.29, 1.82) is 0 Å². The van der Waals surface area contributed by atoms with Crippen LogP contribution in [0.4, 0.5) is 0 Å². The molecule has 1 aromatic heterocycles. The molecule has 4 rings (SSSR count). The minimum absolute atomic E-state index is 0.0357. The Balaban J connectivity index is 1.80. The number of rotatable bonds is 5. The molecule has 11 heteroatoms. The summed E-state index contributed by atoms with van der Waals surface area (Å²) in [6, 6.07) is 10.1. The van der Waals surface area contributed by atoms with Crippen molar-refractivity contribution in [1.82, 2.24) is 9.88 Å². The fraction of sp³-hybridized carbons (Fsp3) is 0.320. The number of hydrogen-bond donors (Lipinski definition) is 2. The van der Waals surface area contributed by atoms with Gasteiger partial charge in [0.15, 0.2) is 9.84 Å². The lowest BCUT2D eigenvalue weighted by Crippen LogP contribution is -2.40. The number of nitrogens with zero attached hydrogens (tertiary/aromatic N) is 1. The van der Waals surface area contributed by atoms with Crippen LogP contribution in [0.25, 0.3) is 10.9 Å². The summed E-state index contributed by atoms with van der Waals surface area (Å²) in [5.41, 5.74) is -1.19. The number of carbonyl (C=O) groups excluding carboxylic acids is 2. The Kier molecular flexibility index (Phi) is 6.29. The second-order valence-corrected chi connectivity index (χ2v) is 11.5. The average Bonchev–Trinajstić information content (AvgIpc) is 2.79. The fourth-order valence-corrected chi connectivity index (χ4v) is 4.71. The van der Waals surface area contributed by atoms with Crippen molar-refractivity contribution in [2.75, 3.05) is 19.4 Å². The number of esters is 1. The molecule has 36 heavy (non-hydrogen) atoms. The number of aromatic hydroxyl groups is 1. The Morgan fingerprint density at radius 2 is 1.83 bits per heavy atom. The first-order valence-corrected chi connectivity index (χ1v) is 13.0. The molecule has 0 bridgehead atoms. The minimum atomic E-state index is -3.42. The molecule has 1 aliphatic rings. The zero-order valence-electron chi connectivity index (χ0n) is 20.2. The van der Waals surface area contributed by atoms with Crippen LogP contribution < -0.4 is 15.6 Å². The number of nitrogens with one attached hydrogen (secondary N) is 1. The summed E-state index contributed by atoms with van der Waals surface area (Å²) in [6.45, 7) is 4.59. The molecule has 1 atom stereocenters. The normalized spacial score (nSPS) is 15.3. The Bertz CT molecular complexity index is 1530. The molecule has 0 aliphatic carbocycles. The molecule has 2 aromatic carbocycles. The number of benzene rings is 2. The SMILES string of the molecule is CC(C)(C)OC(=O)CNC(=O)c1c(O)c2cccc3c2n(c1=O)C(c1ccc(S(C)(=O)=O)cc1)CO3. The van der Waals surface area contributed by atoms with Crippen LogP contribution in [0.5, 0.6) is 11.5 Å². The second kappa shape index (κ2) is 8.98. The average molecular weight is 515 g/mol. The van der Waals surface area contributed by atoms with E-state index >= 15 is 0 Å². The molecule has 190 valence electrons. The molecule has 2 heterocycles. The molecule has 2 N–H and O–H groups in total. The molecule has 3 aromatic rings. The maximum Gasteiger partial charge on any atom is 0.325 e. The molecular formula is C25H26N2O8S. The van der Waals surface area contributed by atoms with Gasteiger partial charge in [0.1, 0.15) is 35.8 Å². The third kappa shape index (κ3) is 4.78. The molecule has 0 radical (unpaired) electrons. The van der Waals surface area contributed by atoms with Gasteiger partial charge in [-0.25, -0.2) is 8.42 Å². The first-order valence-electron chi connectivity index (χ1n) is 11.1. The van der Waals surface area contributed by atoms with E-state index in [0.29, 0.717) is 16.8 Å². The van der Waals surface area contributed by atoms with E-state index in [0.717, 1.165) is 6.26 Å². The first kappa shape index (κ1) is 25.2. The molecular weight excluding hydrogens is 488 g/mol. The van der Waals surface area contributed by atoms with Gasteiger partial charge in [-0.3, -0.25) is 19.0 Å². The van der Waals surface area contributed by atoms with Crippen LogP contribution in [0.2, 0.25) is 0 Å². The van der Waals surface area contributed by atoms with Crippen LogP contribution >= 0.6 is 0 Å². The summed E-state index contributed by atoms with van der Waals surface area (Å²) in [6.07, 6.45) is 1.10. The lowest BCUT2D eigenvalue weighted by Gasteiger charge is -2.29. The highest BCUT2D eigenvalue weighted by molar-refractivity contribution is 7.90. The Morgan fingerprint density at radius 3 is 2.44 bits per heavy atom. The van der Waals surface area contributed by atoms with E-state index in [-0.39, 0.29) is 16.9 Å².